The zero-order chi connectivity index (χ0) is 15.5. The Morgan fingerprint density at radius 1 is 1.14 bits per heavy atom. The minimum atomic E-state index is -0.199. The Balaban J connectivity index is 1.86. The highest BCUT2D eigenvalue weighted by Gasteiger charge is 2.17. The molecule has 0 aromatic carbocycles. The summed E-state index contributed by atoms with van der Waals surface area (Å²) in [6.07, 6.45) is 3.38. The van der Waals surface area contributed by atoms with E-state index in [2.05, 4.69) is 20.3 Å². The van der Waals surface area contributed by atoms with Gasteiger partial charge in [0.1, 0.15) is 15.7 Å². The van der Waals surface area contributed by atoms with Crippen LogP contribution in [0.2, 0.25) is 0 Å². The van der Waals surface area contributed by atoms with Crippen molar-refractivity contribution in [2.75, 3.05) is 5.32 Å². The Morgan fingerprint density at radius 3 is 2.73 bits per heavy atom. The SMILES string of the molecule is Cc1ccnc(NC(=O)c2sc(-c3ccccn3)nc2C)c1. The molecule has 0 spiro atoms. The first-order valence-corrected chi connectivity index (χ1v) is 7.58. The van der Waals surface area contributed by atoms with Crippen LogP contribution in [0.3, 0.4) is 0 Å². The minimum absolute atomic E-state index is 0.199. The third-order valence-corrected chi connectivity index (χ3v) is 4.22. The number of pyridine rings is 2. The molecule has 110 valence electrons. The van der Waals surface area contributed by atoms with Gasteiger partial charge in [-0.05, 0) is 43.7 Å². The Morgan fingerprint density at radius 2 is 2.00 bits per heavy atom. The van der Waals surface area contributed by atoms with E-state index in [4.69, 9.17) is 0 Å². The number of nitrogens with zero attached hydrogens (tertiary/aromatic N) is 3. The normalized spacial score (nSPS) is 10.5. The Kier molecular flexibility index (Phi) is 3.93. The van der Waals surface area contributed by atoms with Crippen molar-refractivity contribution >= 4 is 23.1 Å². The second-order valence-electron chi connectivity index (χ2n) is 4.82. The standard InChI is InChI=1S/C16H14N4OS/c1-10-6-8-18-13(9-10)20-15(21)14-11(2)19-16(22-14)12-5-3-4-7-17-12/h3-9H,1-2H3,(H,18,20,21). The van der Waals surface area contributed by atoms with Crippen LogP contribution in [0.4, 0.5) is 5.82 Å². The van der Waals surface area contributed by atoms with Crippen molar-refractivity contribution in [2.45, 2.75) is 13.8 Å². The average Bonchev–Trinajstić information content (AvgIpc) is 2.90. The summed E-state index contributed by atoms with van der Waals surface area (Å²) < 4.78 is 0. The van der Waals surface area contributed by atoms with Crippen LogP contribution in [-0.2, 0) is 0 Å². The van der Waals surface area contributed by atoms with E-state index in [1.165, 1.54) is 11.3 Å². The molecule has 22 heavy (non-hydrogen) atoms. The van der Waals surface area contributed by atoms with Crippen molar-refractivity contribution in [1.82, 2.24) is 15.0 Å². The second-order valence-corrected chi connectivity index (χ2v) is 5.82. The van der Waals surface area contributed by atoms with Crippen molar-refractivity contribution < 1.29 is 4.79 Å². The van der Waals surface area contributed by atoms with E-state index in [-0.39, 0.29) is 5.91 Å². The number of carbonyl (C=O) groups excluding carboxylic acids is 1. The Labute approximate surface area is 132 Å². The largest absolute Gasteiger partial charge is 0.306 e. The molecule has 0 unspecified atom stereocenters. The number of carbonyl (C=O) groups is 1. The molecule has 0 fully saturated rings. The number of nitrogens with one attached hydrogen (secondary N) is 1. The van der Waals surface area contributed by atoms with Crippen LogP contribution in [0, 0.1) is 13.8 Å². The number of anilines is 1. The van der Waals surface area contributed by atoms with Gasteiger partial charge in [-0.1, -0.05) is 6.07 Å². The predicted octanol–water partition coefficient (Wildman–Crippen LogP) is 3.47. The lowest BCUT2D eigenvalue weighted by molar-refractivity contribution is 0.102. The van der Waals surface area contributed by atoms with Gasteiger partial charge < -0.3 is 5.32 Å². The van der Waals surface area contributed by atoms with Crippen LogP contribution >= 0.6 is 11.3 Å². The van der Waals surface area contributed by atoms with Crippen molar-refractivity contribution in [3.05, 3.63) is 58.9 Å². The van der Waals surface area contributed by atoms with E-state index in [0.717, 1.165) is 16.3 Å². The maximum absolute atomic E-state index is 12.4. The topological polar surface area (TPSA) is 67.8 Å². The fraction of sp³-hybridized carbons (Fsp3) is 0.125. The zero-order valence-corrected chi connectivity index (χ0v) is 13.0. The van der Waals surface area contributed by atoms with Gasteiger partial charge >= 0.3 is 0 Å². The van der Waals surface area contributed by atoms with Gasteiger partial charge in [0.05, 0.1) is 11.4 Å². The molecular formula is C16H14N4OS. The number of amides is 1. The molecule has 0 atom stereocenters. The predicted molar refractivity (Wildman–Crippen MR) is 87.0 cm³/mol. The van der Waals surface area contributed by atoms with Gasteiger partial charge in [0.25, 0.3) is 5.91 Å². The fourth-order valence-corrected chi connectivity index (χ4v) is 2.92. The number of aryl methyl sites for hydroxylation is 2. The van der Waals surface area contributed by atoms with Crippen molar-refractivity contribution in [2.24, 2.45) is 0 Å². The van der Waals surface area contributed by atoms with Gasteiger partial charge in [-0.15, -0.1) is 11.3 Å². The molecule has 3 aromatic rings. The maximum atomic E-state index is 12.4. The first-order chi connectivity index (χ1) is 10.6. The van der Waals surface area contributed by atoms with Gasteiger partial charge in [-0.2, -0.15) is 0 Å². The van der Waals surface area contributed by atoms with E-state index < -0.39 is 0 Å². The lowest BCUT2D eigenvalue weighted by Gasteiger charge is -2.03. The number of thiazole rings is 1. The van der Waals surface area contributed by atoms with Crippen molar-refractivity contribution in [3.8, 4) is 10.7 Å². The molecule has 3 aromatic heterocycles. The Bertz CT molecular complexity index is 814. The Hall–Kier alpha value is -2.60. The van der Waals surface area contributed by atoms with Gasteiger partial charge in [0, 0.05) is 12.4 Å². The molecule has 0 aliphatic rings. The molecule has 3 rings (SSSR count). The first-order valence-electron chi connectivity index (χ1n) is 6.76. The fourth-order valence-electron chi connectivity index (χ4n) is 1.98. The summed E-state index contributed by atoms with van der Waals surface area (Å²) in [4.78, 5) is 25.8. The highest BCUT2D eigenvalue weighted by Crippen LogP contribution is 2.26. The van der Waals surface area contributed by atoms with Crippen LogP contribution in [-0.4, -0.2) is 20.9 Å². The second kappa shape index (κ2) is 6.03. The van der Waals surface area contributed by atoms with Gasteiger partial charge in [-0.25, -0.2) is 9.97 Å². The first kappa shape index (κ1) is 14.3. The van der Waals surface area contributed by atoms with Gasteiger partial charge in [0.2, 0.25) is 0 Å². The molecule has 0 bridgehead atoms. The van der Waals surface area contributed by atoms with Crippen LogP contribution in [0.1, 0.15) is 20.9 Å². The monoisotopic (exact) mass is 310 g/mol. The van der Waals surface area contributed by atoms with E-state index >= 15 is 0 Å². The summed E-state index contributed by atoms with van der Waals surface area (Å²) >= 11 is 1.33. The number of hydrogen-bond donors (Lipinski definition) is 1. The number of aromatic nitrogens is 3. The van der Waals surface area contributed by atoms with E-state index in [0.29, 0.717) is 16.4 Å². The molecule has 1 amide bonds. The van der Waals surface area contributed by atoms with Crippen LogP contribution in [0.25, 0.3) is 10.7 Å². The molecule has 0 saturated heterocycles. The number of hydrogen-bond acceptors (Lipinski definition) is 5. The van der Waals surface area contributed by atoms with E-state index in [1.54, 1.807) is 12.4 Å². The van der Waals surface area contributed by atoms with Crippen LogP contribution in [0.5, 0.6) is 0 Å². The third-order valence-electron chi connectivity index (χ3n) is 3.04. The highest BCUT2D eigenvalue weighted by atomic mass is 32.1. The quantitative estimate of drug-likeness (QED) is 0.804. The van der Waals surface area contributed by atoms with Crippen LogP contribution in [0.15, 0.2) is 42.7 Å². The molecular weight excluding hydrogens is 296 g/mol. The van der Waals surface area contributed by atoms with Crippen molar-refractivity contribution in [1.29, 1.82) is 0 Å². The molecule has 1 N–H and O–H groups in total. The summed E-state index contributed by atoms with van der Waals surface area (Å²) in [5.41, 5.74) is 2.50. The summed E-state index contributed by atoms with van der Waals surface area (Å²) in [7, 11) is 0. The lowest BCUT2D eigenvalue weighted by Crippen LogP contribution is -2.12. The summed E-state index contributed by atoms with van der Waals surface area (Å²) in [6, 6.07) is 9.33. The maximum Gasteiger partial charge on any atom is 0.268 e. The molecule has 0 aliphatic heterocycles. The summed E-state index contributed by atoms with van der Waals surface area (Å²) in [5.74, 6) is 0.340. The molecule has 0 aliphatic carbocycles. The summed E-state index contributed by atoms with van der Waals surface area (Å²) in [5, 5.41) is 3.54. The molecule has 5 nitrogen and oxygen atoms in total. The molecule has 0 saturated carbocycles. The smallest absolute Gasteiger partial charge is 0.268 e. The van der Waals surface area contributed by atoms with E-state index in [9.17, 15) is 4.79 Å². The molecule has 0 radical (unpaired) electrons. The van der Waals surface area contributed by atoms with Gasteiger partial charge in [-0.3, -0.25) is 9.78 Å². The zero-order valence-electron chi connectivity index (χ0n) is 12.2. The van der Waals surface area contributed by atoms with Crippen molar-refractivity contribution in [3.63, 3.8) is 0 Å². The summed E-state index contributed by atoms with van der Waals surface area (Å²) in [6.45, 7) is 3.77. The highest BCUT2D eigenvalue weighted by molar-refractivity contribution is 7.17. The van der Waals surface area contributed by atoms with Gasteiger partial charge in [0.15, 0.2) is 0 Å². The number of rotatable bonds is 3. The molecule has 3 heterocycles. The van der Waals surface area contributed by atoms with E-state index in [1.807, 2.05) is 44.2 Å². The minimum Gasteiger partial charge on any atom is -0.306 e. The molecule has 6 heteroatoms. The lowest BCUT2D eigenvalue weighted by atomic mass is 10.3. The van der Waals surface area contributed by atoms with Crippen LogP contribution < -0.4 is 5.32 Å². The third kappa shape index (κ3) is 3.01. The average molecular weight is 310 g/mol.